The number of carbonyl (C=O) groups excluding carboxylic acids is 1. The van der Waals surface area contributed by atoms with E-state index in [0.717, 1.165) is 49.5 Å². The number of primary amides is 1. The average Bonchev–Trinajstić information content (AvgIpc) is 3.19. The lowest BCUT2D eigenvalue weighted by molar-refractivity contribution is 0.193. The van der Waals surface area contributed by atoms with Crippen molar-refractivity contribution in [3.8, 4) is 22.3 Å². The number of aromatic nitrogens is 6. The number of nitrogens with zero attached hydrogens (tertiary/aromatic N) is 7. The number of aryl methyl sites for hydroxylation is 2. The fraction of sp³-hybridized carbons (Fsp3) is 0.308. The Kier molecular flexibility index (Phi) is 11.3. The molecule has 6 heterocycles. The highest BCUT2D eigenvalue weighted by Crippen LogP contribution is 2.28. The van der Waals surface area contributed by atoms with Crippen LogP contribution in [0.5, 0.6) is 0 Å². The number of fused-ring (bicyclic) bond motifs is 2. The third kappa shape index (κ3) is 8.26. The second-order valence-electron chi connectivity index (χ2n) is 13.7. The van der Waals surface area contributed by atoms with Crippen LogP contribution in [0, 0.1) is 0 Å². The molecule has 5 N–H and O–H groups in total. The quantitative estimate of drug-likeness (QED) is 0.171. The second kappa shape index (κ2) is 16.4. The van der Waals surface area contributed by atoms with E-state index in [1.807, 2.05) is 42.5 Å². The highest BCUT2D eigenvalue weighted by Gasteiger charge is 2.22. The van der Waals surface area contributed by atoms with E-state index in [4.69, 9.17) is 28.9 Å². The van der Waals surface area contributed by atoms with Gasteiger partial charge in [0.1, 0.15) is 11.3 Å². The van der Waals surface area contributed by atoms with Crippen LogP contribution >= 0.6 is 23.2 Å². The minimum Gasteiger partial charge on any atom is -0.351 e. The maximum absolute atomic E-state index is 12.9. The number of amides is 2. The van der Waals surface area contributed by atoms with E-state index >= 15 is 0 Å². The first-order valence-electron chi connectivity index (χ1n) is 18.1. The van der Waals surface area contributed by atoms with E-state index in [1.165, 1.54) is 4.57 Å². The number of nitrogens with two attached hydrogens (primary N) is 1. The molecule has 284 valence electrons. The van der Waals surface area contributed by atoms with Crippen LogP contribution in [0.25, 0.3) is 44.3 Å². The van der Waals surface area contributed by atoms with Crippen molar-refractivity contribution in [1.29, 1.82) is 0 Å². The summed E-state index contributed by atoms with van der Waals surface area (Å²) >= 11 is 12.5. The molecule has 2 fully saturated rings. The highest BCUT2D eigenvalue weighted by atomic mass is 35.5. The minimum absolute atomic E-state index is 0.128. The van der Waals surface area contributed by atoms with Crippen molar-refractivity contribution in [1.82, 2.24) is 39.3 Å². The molecule has 16 heteroatoms. The number of anilines is 2. The number of pyridine rings is 2. The molecule has 6 aromatic rings. The Balaban J connectivity index is 0.000000170. The van der Waals surface area contributed by atoms with Crippen molar-refractivity contribution in [2.45, 2.75) is 37.8 Å². The number of benzene rings is 2. The molecule has 2 saturated heterocycles. The van der Waals surface area contributed by atoms with E-state index in [1.54, 1.807) is 54.2 Å². The Morgan fingerprint density at radius 1 is 0.709 bits per heavy atom. The third-order valence-electron chi connectivity index (χ3n) is 10.0. The Labute approximate surface area is 326 Å². The zero-order valence-electron chi connectivity index (χ0n) is 30.4. The van der Waals surface area contributed by atoms with Crippen molar-refractivity contribution in [3.05, 3.63) is 104 Å². The van der Waals surface area contributed by atoms with Gasteiger partial charge in [-0.3, -0.25) is 18.7 Å². The molecule has 0 spiro atoms. The summed E-state index contributed by atoms with van der Waals surface area (Å²) in [6.07, 6.45) is 7.04. The fourth-order valence-corrected chi connectivity index (χ4v) is 7.43. The van der Waals surface area contributed by atoms with E-state index < -0.39 is 6.03 Å². The van der Waals surface area contributed by atoms with Crippen LogP contribution in [-0.4, -0.2) is 78.3 Å². The zero-order chi connectivity index (χ0) is 38.6. The monoisotopic (exact) mass is 781 g/mol. The van der Waals surface area contributed by atoms with Crippen molar-refractivity contribution < 1.29 is 4.79 Å². The molecule has 0 unspecified atom stereocenters. The summed E-state index contributed by atoms with van der Waals surface area (Å²) in [6.45, 7) is 3.18. The van der Waals surface area contributed by atoms with Gasteiger partial charge < -0.3 is 26.6 Å². The largest absolute Gasteiger partial charge is 0.351 e. The Hall–Kier alpha value is -5.57. The van der Waals surface area contributed by atoms with Crippen molar-refractivity contribution >= 4 is 63.2 Å². The van der Waals surface area contributed by atoms with Crippen LogP contribution in [0.15, 0.2) is 82.6 Å². The Morgan fingerprint density at radius 2 is 1.15 bits per heavy atom. The molecule has 0 saturated carbocycles. The molecule has 4 aromatic heterocycles. The first-order chi connectivity index (χ1) is 26.6. The minimum atomic E-state index is -0.394. The van der Waals surface area contributed by atoms with Crippen LogP contribution in [0.1, 0.15) is 25.7 Å². The van der Waals surface area contributed by atoms with Crippen LogP contribution < -0.4 is 32.8 Å². The smallest absolute Gasteiger partial charge is 0.314 e. The first kappa shape index (κ1) is 37.7. The average molecular weight is 783 g/mol. The summed E-state index contributed by atoms with van der Waals surface area (Å²) in [4.78, 5) is 56.6. The van der Waals surface area contributed by atoms with Gasteiger partial charge in [-0.2, -0.15) is 9.97 Å². The summed E-state index contributed by atoms with van der Waals surface area (Å²) in [5.41, 5.74) is 8.62. The number of carbonyl (C=O) groups is 1. The third-order valence-corrected chi connectivity index (χ3v) is 10.7. The summed E-state index contributed by atoms with van der Waals surface area (Å²) in [5, 5.41) is 12.6. The van der Waals surface area contributed by atoms with Crippen molar-refractivity contribution in [2.24, 2.45) is 19.8 Å². The van der Waals surface area contributed by atoms with Gasteiger partial charge in [0.25, 0.3) is 11.1 Å². The first-order valence-corrected chi connectivity index (χ1v) is 18.8. The normalized spacial score (nSPS) is 15.1. The fourth-order valence-electron chi connectivity index (χ4n) is 6.95. The predicted molar refractivity (Wildman–Crippen MR) is 218 cm³/mol. The highest BCUT2D eigenvalue weighted by molar-refractivity contribution is 6.33. The maximum Gasteiger partial charge on any atom is 0.314 e. The molecular formula is C39H41Cl2N11O3. The Morgan fingerprint density at radius 3 is 1.58 bits per heavy atom. The molecule has 2 aromatic carbocycles. The molecule has 8 rings (SSSR count). The van der Waals surface area contributed by atoms with Gasteiger partial charge in [0, 0.05) is 94.7 Å². The van der Waals surface area contributed by atoms with Crippen molar-refractivity contribution in [3.63, 3.8) is 0 Å². The van der Waals surface area contributed by atoms with Crippen LogP contribution in [0.2, 0.25) is 10.0 Å². The molecule has 0 aliphatic carbocycles. The number of hydrogen-bond acceptors (Lipinski definition) is 10. The molecular weight excluding hydrogens is 741 g/mol. The molecule has 2 aliphatic rings. The van der Waals surface area contributed by atoms with Gasteiger partial charge in [0.2, 0.25) is 11.9 Å². The summed E-state index contributed by atoms with van der Waals surface area (Å²) in [6, 6.07) is 18.3. The predicted octanol–water partition coefficient (Wildman–Crippen LogP) is 5.42. The number of urea groups is 1. The standard InChI is InChI=1S/C20H21ClN6O2.C19H20ClN5O/c1-26-17-12(10-15(18(26)28)14-4-2-3-5-16(14)21)11-23-20(25-17)24-13-6-8-27(9-7-13)19(22)29;1-25-17-12(10-15(18(25)26)14-4-2-3-5-16(14)20)11-22-19(24-17)23-13-6-8-21-9-7-13/h2-5,10-11,13H,6-9H2,1H3,(H2,22,29)(H,23,24,25);2-5,10-11,13,21H,6-9H2,1H3,(H,22,23,24). The summed E-state index contributed by atoms with van der Waals surface area (Å²) in [5.74, 6) is 1.01. The molecule has 0 atom stereocenters. The SMILES string of the molecule is Cn1c(=O)c(-c2ccccc2Cl)cc2cnc(NC3CCN(C(N)=O)CC3)nc21.Cn1c(=O)c(-c2ccccc2Cl)cc2cnc(NC3CCNCC3)nc21. The number of likely N-dealkylation sites (tertiary alicyclic amines) is 1. The van der Waals surface area contributed by atoms with Crippen molar-refractivity contribution in [2.75, 3.05) is 36.8 Å². The number of nitrogens with one attached hydrogen (secondary N) is 3. The number of halogens is 2. The maximum atomic E-state index is 12.9. The second-order valence-corrected chi connectivity index (χ2v) is 14.5. The Bertz CT molecular complexity index is 2490. The van der Waals surface area contributed by atoms with E-state index in [-0.39, 0.29) is 17.2 Å². The summed E-state index contributed by atoms with van der Waals surface area (Å²) < 4.78 is 3.07. The van der Waals surface area contributed by atoms with Gasteiger partial charge >= 0.3 is 6.03 Å². The molecule has 14 nitrogen and oxygen atoms in total. The van der Waals surface area contributed by atoms with Gasteiger partial charge in [0.05, 0.1) is 0 Å². The van der Waals surface area contributed by atoms with E-state index in [0.29, 0.717) is 74.6 Å². The molecule has 0 radical (unpaired) electrons. The summed E-state index contributed by atoms with van der Waals surface area (Å²) in [7, 11) is 3.42. The molecule has 0 bridgehead atoms. The number of hydrogen-bond donors (Lipinski definition) is 4. The van der Waals surface area contributed by atoms with E-state index in [2.05, 4.69) is 35.9 Å². The lowest BCUT2D eigenvalue weighted by atomic mass is 10.1. The van der Waals surface area contributed by atoms with Gasteiger partial charge in [-0.15, -0.1) is 0 Å². The van der Waals surface area contributed by atoms with Crippen LogP contribution in [0.4, 0.5) is 16.7 Å². The van der Waals surface area contributed by atoms with Gasteiger partial charge in [-0.1, -0.05) is 59.6 Å². The van der Waals surface area contributed by atoms with Gasteiger partial charge in [-0.25, -0.2) is 14.8 Å². The van der Waals surface area contributed by atoms with Gasteiger partial charge in [-0.05, 0) is 63.0 Å². The lowest BCUT2D eigenvalue weighted by Crippen LogP contribution is -2.44. The van der Waals surface area contributed by atoms with Crippen LogP contribution in [0.3, 0.4) is 0 Å². The van der Waals surface area contributed by atoms with Gasteiger partial charge in [0.15, 0.2) is 0 Å². The van der Waals surface area contributed by atoms with E-state index in [9.17, 15) is 14.4 Å². The van der Waals surface area contributed by atoms with Crippen LogP contribution in [-0.2, 0) is 14.1 Å². The topological polar surface area (TPSA) is 178 Å². The molecule has 2 aliphatic heterocycles. The molecule has 2 amide bonds. The number of piperidine rings is 2. The zero-order valence-corrected chi connectivity index (χ0v) is 31.9. The molecule has 55 heavy (non-hydrogen) atoms. The number of rotatable bonds is 6. The lowest BCUT2D eigenvalue weighted by Gasteiger charge is -2.31.